The average Bonchev–Trinajstić information content (AvgIpc) is 2.28. The maximum Gasteiger partial charge on any atom is 0.152 e. The smallest absolute Gasteiger partial charge is 0.152 e. The van der Waals surface area contributed by atoms with Gasteiger partial charge in [-0.1, -0.05) is 24.3 Å². The molecule has 2 aromatic carbocycles. The molecule has 17 heavy (non-hydrogen) atoms. The topological polar surface area (TPSA) is 107 Å². The van der Waals surface area contributed by atoms with Crippen molar-refractivity contribution in [2.75, 3.05) is 0 Å². The summed E-state index contributed by atoms with van der Waals surface area (Å²) < 4.78 is 33.1. The molecule has 0 heterocycles. The van der Waals surface area contributed by atoms with E-state index in [9.17, 15) is 23.0 Å². The van der Waals surface area contributed by atoms with Crippen molar-refractivity contribution in [3.8, 4) is 5.75 Å². The van der Waals surface area contributed by atoms with Gasteiger partial charge in [0.15, 0.2) is 11.4 Å². The first-order valence-electron chi connectivity index (χ1n) is 4.49. The number of rotatable bonds is 2. The van der Waals surface area contributed by atoms with Crippen LogP contribution in [-0.4, -0.2) is 18.1 Å². The summed E-state index contributed by atoms with van der Waals surface area (Å²) in [7, 11) is -4.74. The molecule has 0 fully saturated rings. The predicted molar refractivity (Wildman–Crippen MR) is 59.0 cm³/mol. The van der Waals surface area contributed by atoms with Crippen LogP contribution in [0.5, 0.6) is 5.75 Å². The van der Waals surface area contributed by atoms with E-state index in [0.717, 1.165) is 6.07 Å². The Hall–Kier alpha value is -1.99. The van der Waals surface area contributed by atoms with Gasteiger partial charge < -0.3 is 9.66 Å². The molecule has 7 heteroatoms. The van der Waals surface area contributed by atoms with Gasteiger partial charge >= 0.3 is 0 Å². The number of aromatic hydroxyl groups is 1. The predicted octanol–water partition coefficient (Wildman–Crippen LogP) is 1.85. The monoisotopic (exact) mass is 252 g/mol. The molecule has 2 aromatic rings. The molecule has 0 spiro atoms. The Morgan fingerprint density at radius 3 is 2.29 bits per heavy atom. The van der Waals surface area contributed by atoms with E-state index >= 15 is 0 Å². The third kappa shape index (κ3) is 1.85. The number of nitroso groups, excluding NO2 is 1. The van der Waals surface area contributed by atoms with Crippen molar-refractivity contribution in [2.24, 2.45) is 5.18 Å². The van der Waals surface area contributed by atoms with Gasteiger partial charge in [0.2, 0.25) is 0 Å². The Morgan fingerprint density at radius 2 is 1.76 bits per heavy atom. The molecule has 0 aromatic heterocycles. The molecule has 6 nitrogen and oxygen atoms in total. The van der Waals surface area contributed by atoms with Crippen LogP contribution in [0.2, 0.25) is 0 Å². The lowest BCUT2D eigenvalue weighted by Gasteiger charge is -2.12. The Bertz CT molecular complexity index is 708. The molecule has 88 valence electrons. The van der Waals surface area contributed by atoms with Crippen LogP contribution >= 0.6 is 0 Å². The third-order valence-electron chi connectivity index (χ3n) is 2.33. The molecular formula is C10H6NO5S-. The standard InChI is InChI=1S/C10H7NO5S/c12-10-7-4-2-1-3-6(7)9(17(14,15)16)5-8(10)11-13/h1-5,12H,(H,14,15,16)/p-1. The molecule has 0 aliphatic heterocycles. The fourth-order valence-corrected chi connectivity index (χ4v) is 2.29. The quantitative estimate of drug-likeness (QED) is 0.648. The molecule has 0 aliphatic carbocycles. The highest BCUT2D eigenvalue weighted by Crippen LogP contribution is 2.38. The van der Waals surface area contributed by atoms with Crippen LogP contribution < -0.4 is 0 Å². The summed E-state index contributed by atoms with van der Waals surface area (Å²) in [5.41, 5.74) is -0.474. The number of benzene rings is 2. The largest absolute Gasteiger partial charge is 0.744 e. The van der Waals surface area contributed by atoms with E-state index in [-0.39, 0.29) is 10.8 Å². The SMILES string of the molecule is O=Nc1cc(S(=O)(=O)[O-])c2ccccc2c1O. The van der Waals surface area contributed by atoms with E-state index in [1.807, 2.05) is 0 Å². The van der Waals surface area contributed by atoms with Crippen LogP contribution in [0, 0.1) is 4.91 Å². The lowest BCUT2D eigenvalue weighted by atomic mass is 10.1. The van der Waals surface area contributed by atoms with Gasteiger partial charge in [0.25, 0.3) is 0 Å². The van der Waals surface area contributed by atoms with Crippen LogP contribution in [0.25, 0.3) is 10.8 Å². The van der Waals surface area contributed by atoms with Gasteiger partial charge in [-0.05, 0) is 11.2 Å². The number of nitrogens with zero attached hydrogens (tertiary/aromatic N) is 1. The van der Waals surface area contributed by atoms with E-state index in [2.05, 4.69) is 5.18 Å². The molecule has 0 saturated heterocycles. The maximum absolute atomic E-state index is 11.0. The summed E-state index contributed by atoms with van der Waals surface area (Å²) in [6.07, 6.45) is 0. The summed E-state index contributed by atoms with van der Waals surface area (Å²) in [6.45, 7) is 0. The summed E-state index contributed by atoms with van der Waals surface area (Å²) in [4.78, 5) is 9.87. The van der Waals surface area contributed by atoms with Crippen molar-refractivity contribution in [3.63, 3.8) is 0 Å². The molecular weight excluding hydrogens is 246 g/mol. The van der Waals surface area contributed by atoms with E-state index < -0.39 is 26.5 Å². The second-order valence-electron chi connectivity index (χ2n) is 3.33. The molecule has 0 unspecified atom stereocenters. The lowest BCUT2D eigenvalue weighted by Crippen LogP contribution is -1.99. The van der Waals surface area contributed by atoms with Gasteiger partial charge in [-0.3, -0.25) is 0 Å². The zero-order valence-electron chi connectivity index (χ0n) is 8.32. The highest BCUT2D eigenvalue weighted by atomic mass is 32.2. The lowest BCUT2D eigenvalue weighted by molar-refractivity contribution is 0.463. The van der Waals surface area contributed by atoms with Crippen LogP contribution in [0.1, 0.15) is 0 Å². The van der Waals surface area contributed by atoms with Gasteiger partial charge in [-0.15, -0.1) is 4.91 Å². The van der Waals surface area contributed by atoms with Crippen molar-refractivity contribution >= 4 is 26.6 Å². The average molecular weight is 252 g/mol. The number of fused-ring (bicyclic) bond motifs is 1. The highest BCUT2D eigenvalue weighted by Gasteiger charge is 2.15. The van der Waals surface area contributed by atoms with E-state index in [1.54, 1.807) is 0 Å². The first-order chi connectivity index (χ1) is 7.95. The van der Waals surface area contributed by atoms with E-state index in [1.165, 1.54) is 24.3 Å². The first-order valence-corrected chi connectivity index (χ1v) is 5.90. The maximum atomic E-state index is 11.0. The summed E-state index contributed by atoms with van der Waals surface area (Å²) >= 11 is 0. The van der Waals surface area contributed by atoms with Gasteiger partial charge in [0.05, 0.1) is 4.90 Å². The number of hydrogen-bond donors (Lipinski definition) is 1. The minimum atomic E-state index is -4.74. The Morgan fingerprint density at radius 1 is 1.18 bits per heavy atom. The van der Waals surface area contributed by atoms with Crippen LogP contribution in [0.3, 0.4) is 0 Å². The number of phenols is 1. The van der Waals surface area contributed by atoms with Gasteiger partial charge in [0, 0.05) is 10.8 Å². The molecule has 0 bridgehead atoms. The van der Waals surface area contributed by atoms with Crippen LogP contribution in [0.4, 0.5) is 5.69 Å². The summed E-state index contributed by atoms with van der Waals surface area (Å²) in [6, 6.07) is 6.59. The zero-order valence-corrected chi connectivity index (χ0v) is 9.14. The zero-order chi connectivity index (χ0) is 12.6. The minimum Gasteiger partial charge on any atom is -0.744 e. The van der Waals surface area contributed by atoms with Gasteiger partial charge in [-0.25, -0.2) is 8.42 Å². The van der Waals surface area contributed by atoms with Crippen molar-refractivity contribution in [3.05, 3.63) is 35.2 Å². The molecule has 0 atom stereocenters. The van der Waals surface area contributed by atoms with Crippen molar-refractivity contribution in [1.29, 1.82) is 0 Å². The second-order valence-corrected chi connectivity index (χ2v) is 4.68. The molecule has 1 N–H and O–H groups in total. The summed E-state index contributed by atoms with van der Waals surface area (Å²) in [5, 5.41) is 12.3. The molecule has 2 rings (SSSR count). The fourth-order valence-electron chi connectivity index (χ4n) is 1.59. The number of phenolic OH excluding ortho intramolecular Hbond substituents is 1. The molecule has 0 amide bonds. The number of hydrogen-bond acceptors (Lipinski definition) is 6. The fraction of sp³-hybridized carbons (Fsp3) is 0. The highest BCUT2D eigenvalue weighted by molar-refractivity contribution is 7.86. The third-order valence-corrected chi connectivity index (χ3v) is 3.20. The van der Waals surface area contributed by atoms with Gasteiger partial charge in [-0.2, -0.15) is 0 Å². The Balaban J connectivity index is 3.04. The Labute approximate surface area is 96.2 Å². The molecule has 0 aliphatic rings. The van der Waals surface area contributed by atoms with Crippen LogP contribution in [-0.2, 0) is 10.1 Å². The van der Waals surface area contributed by atoms with Gasteiger partial charge in [0.1, 0.15) is 10.1 Å². The van der Waals surface area contributed by atoms with Crippen molar-refractivity contribution in [1.82, 2.24) is 0 Å². The second kappa shape index (κ2) is 3.79. The van der Waals surface area contributed by atoms with Crippen molar-refractivity contribution in [2.45, 2.75) is 4.90 Å². The molecule has 0 saturated carbocycles. The summed E-state index contributed by atoms with van der Waals surface area (Å²) in [5.74, 6) is -0.442. The van der Waals surface area contributed by atoms with Crippen molar-refractivity contribution < 1.29 is 18.1 Å². The molecule has 0 radical (unpaired) electrons. The van der Waals surface area contributed by atoms with E-state index in [4.69, 9.17) is 0 Å². The first kappa shape index (κ1) is 11.5. The minimum absolute atomic E-state index is 0.0624. The normalized spacial score (nSPS) is 11.6. The Kier molecular flexibility index (Phi) is 2.56. The van der Waals surface area contributed by atoms with E-state index in [0.29, 0.717) is 0 Å². The van der Waals surface area contributed by atoms with Crippen LogP contribution in [0.15, 0.2) is 40.4 Å².